The number of carboxylic acids is 2. The maximum absolute atomic E-state index is 12.3. The lowest BCUT2D eigenvalue weighted by Crippen LogP contribution is -2.23. The first-order valence-corrected chi connectivity index (χ1v) is 10.1. The first-order valence-electron chi connectivity index (χ1n) is 8.52. The Bertz CT molecular complexity index is 1120. The lowest BCUT2D eigenvalue weighted by Gasteiger charge is -2.20. The van der Waals surface area contributed by atoms with Gasteiger partial charge in [0, 0.05) is 13.1 Å². The fourth-order valence-corrected chi connectivity index (χ4v) is 4.62. The van der Waals surface area contributed by atoms with Crippen molar-refractivity contribution in [3.05, 3.63) is 58.0 Å². The van der Waals surface area contributed by atoms with Gasteiger partial charge in [-0.25, -0.2) is 14.6 Å². The van der Waals surface area contributed by atoms with E-state index in [1.54, 1.807) is 48.7 Å². The Morgan fingerprint density at radius 1 is 1.17 bits per heavy atom. The van der Waals surface area contributed by atoms with Gasteiger partial charge < -0.3 is 14.9 Å². The van der Waals surface area contributed by atoms with Gasteiger partial charge in [-0.1, -0.05) is 18.2 Å². The summed E-state index contributed by atoms with van der Waals surface area (Å²) in [6.07, 6.45) is 1.58. The van der Waals surface area contributed by atoms with Crippen molar-refractivity contribution in [3.8, 4) is 16.2 Å². The van der Waals surface area contributed by atoms with Crippen molar-refractivity contribution in [3.63, 3.8) is 0 Å². The number of halogens is 1. The van der Waals surface area contributed by atoms with Crippen molar-refractivity contribution in [2.24, 2.45) is 0 Å². The van der Waals surface area contributed by atoms with E-state index < -0.39 is 18.5 Å². The van der Waals surface area contributed by atoms with Crippen LogP contribution in [-0.2, 0) is 9.59 Å². The van der Waals surface area contributed by atoms with Crippen LogP contribution in [0.1, 0.15) is 16.6 Å². The molecule has 0 atom stereocenters. The zero-order valence-electron chi connectivity index (χ0n) is 15.5. The number of nitrogens with zero attached hydrogens (tertiary/aromatic N) is 2. The number of hydrogen-bond donors (Lipinski definition) is 2. The second kappa shape index (κ2) is 9.06. The molecule has 10 heteroatoms. The van der Waals surface area contributed by atoms with Crippen LogP contribution in [0.5, 0.6) is 5.75 Å². The lowest BCUT2D eigenvalue weighted by molar-refractivity contribution is -0.139. The summed E-state index contributed by atoms with van der Waals surface area (Å²) in [6, 6.07) is 12.2. The number of carbonyl (C=O) groups excluding carboxylic acids is 1. The van der Waals surface area contributed by atoms with E-state index >= 15 is 0 Å². The number of hydrogen-bond acceptors (Lipinski definition) is 6. The van der Waals surface area contributed by atoms with Gasteiger partial charge in [0.15, 0.2) is 17.2 Å². The highest BCUT2D eigenvalue weighted by Crippen LogP contribution is 2.46. The van der Waals surface area contributed by atoms with Crippen molar-refractivity contribution >= 4 is 56.6 Å². The second-order valence-electron chi connectivity index (χ2n) is 5.98. The van der Waals surface area contributed by atoms with Gasteiger partial charge in [-0.2, -0.15) is 0 Å². The highest BCUT2D eigenvalue weighted by Gasteiger charge is 2.25. The van der Waals surface area contributed by atoms with Crippen molar-refractivity contribution in [1.29, 1.82) is 0 Å². The molecular formula is C20H15BrN2O6S. The molecule has 1 amide bonds. The molecule has 0 saturated carbocycles. The summed E-state index contributed by atoms with van der Waals surface area (Å²) in [4.78, 5) is 40.8. The van der Waals surface area contributed by atoms with Crippen LogP contribution >= 0.6 is 27.3 Å². The van der Waals surface area contributed by atoms with Crippen LogP contribution in [0.2, 0.25) is 0 Å². The first-order chi connectivity index (χ1) is 14.3. The molecular weight excluding hydrogens is 476 g/mol. The third kappa shape index (κ3) is 4.50. The van der Waals surface area contributed by atoms with Crippen molar-refractivity contribution in [2.45, 2.75) is 6.92 Å². The molecule has 0 unspecified atom stereocenters. The molecule has 0 aliphatic heterocycles. The standard InChI is InChI=1S/C20H15BrN2O6S/c1-11(24)23(14-7-2-3-8-22-14)13-6-4-5-12(9-13)18-16(21)17(29-10-15(25)26)19(30-18)20(27)28/h2-9H,10H2,1H3,(H,25,26)(H,27,28). The summed E-state index contributed by atoms with van der Waals surface area (Å²) in [5.41, 5.74) is 1.17. The minimum Gasteiger partial charge on any atom is -0.479 e. The largest absolute Gasteiger partial charge is 0.479 e. The lowest BCUT2D eigenvalue weighted by atomic mass is 10.1. The zero-order chi connectivity index (χ0) is 21.8. The first kappa shape index (κ1) is 21.5. The molecule has 0 radical (unpaired) electrons. The number of rotatable bonds is 7. The van der Waals surface area contributed by atoms with Crippen molar-refractivity contribution in [1.82, 2.24) is 4.98 Å². The Balaban J connectivity index is 2.07. The molecule has 2 N–H and O–H groups in total. The molecule has 0 saturated heterocycles. The van der Waals surface area contributed by atoms with Crippen LogP contribution in [0.4, 0.5) is 11.5 Å². The Hall–Kier alpha value is -3.24. The predicted molar refractivity (Wildman–Crippen MR) is 115 cm³/mol. The van der Waals surface area contributed by atoms with Crippen LogP contribution in [0.25, 0.3) is 10.4 Å². The van der Waals surface area contributed by atoms with Crippen LogP contribution in [-0.4, -0.2) is 39.6 Å². The number of ether oxygens (including phenoxy) is 1. The number of anilines is 2. The van der Waals surface area contributed by atoms with Gasteiger partial charge in [-0.3, -0.25) is 9.69 Å². The number of aromatic nitrogens is 1. The molecule has 3 rings (SSSR count). The maximum Gasteiger partial charge on any atom is 0.349 e. The molecule has 30 heavy (non-hydrogen) atoms. The molecule has 0 bridgehead atoms. The Morgan fingerprint density at radius 2 is 1.93 bits per heavy atom. The van der Waals surface area contributed by atoms with Crippen LogP contribution in [0.3, 0.4) is 0 Å². The minimum absolute atomic E-state index is 0.0524. The Morgan fingerprint density at radius 3 is 2.53 bits per heavy atom. The van der Waals surface area contributed by atoms with E-state index in [1.165, 1.54) is 11.8 Å². The summed E-state index contributed by atoms with van der Waals surface area (Å²) in [5.74, 6) is -2.30. The van der Waals surface area contributed by atoms with Gasteiger partial charge in [0.05, 0.1) is 15.0 Å². The average Bonchev–Trinajstić information content (AvgIpc) is 3.04. The molecule has 1 aromatic carbocycles. The van der Waals surface area contributed by atoms with Gasteiger partial charge >= 0.3 is 11.9 Å². The number of aliphatic carboxylic acids is 1. The SMILES string of the molecule is CC(=O)N(c1cccc(-c2sc(C(=O)O)c(OCC(=O)O)c2Br)c1)c1ccccn1. The summed E-state index contributed by atoms with van der Waals surface area (Å²) in [6.45, 7) is 0.746. The van der Waals surface area contributed by atoms with Crippen molar-refractivity contribution < 1.29 is 29.3 Å². The quantitative estimate of drug-likeness (QED) is 0.503. The number of pyridine rings is 1. The molecule has 2 aromatic heterocycles. The van der Waals surface area contributed by atoms with Crippen LogP contribution < -0.4 is 9.64 Å². The van der Waals surface area contributed by atoms with Gasteiger partial charge in [0.2, 0.25) is 5.91 Å². The highest BCUT2D eigenvalue weighted by atomic mass is 79.9. The summed E-state index contributed by atoms with van der Waals surface area (Å²) < 4.78 is 5.52. The molecule has 3 aromatic rings. The van der Waals surface area contributed by atoms with Gasteiger partial charge in [-0.05, 0) is 45.8 Å². The molecule has 2 heterocycles. The van der Waals surface area contributed by atoms with Gasteiger partial charge in [-0.15, -0.1) is 11.3 Å². The van der Waals surface area contributed by atoms with E-state index in [9.17, 15) is 19.5 Å². The summed E-state index contributed by atoms with van der Waals surface area (Å²) in [7, 11) is 0. The topological polar surface area (TPSA) is 117 Å². The molecule has 154 valence electrons. The number of benzene rings is 1. The Kier molecular flexibility index (Phi) is 6.48. The number of thiophene rings is 1. The molecule has 8 nitrogen and oxygen atoms in total. The summed E-state index contributed by atoms with van der Waals surface area (Å²) in [5, 5.41) is 18.3. The fourth-order valence-electron chi connectivity index (χ4n) is 2.73. The van der Waals surface area contributed by atoms with E-state index in [4.69, 9.17) is 9.84 Å². The molecule has 0 aliphatic carbocycles. The Labute approximate surface area is 183 Å². The second-order valence-corrected chi connectivity index (χ2v) is 7.80. The fraction of sp³-hybridized carbons (Fsp3) is 0.100. The maximum atomic E-state index is 12.3. The van der Waals surface area contributed by atoms with Crippen LogP contribution in [0.15, 0.2) is 53.1 Å². The summed E-state index contributed by atoms with van der Waals surface area (Å²) >= 11 is 4.27. The van der Waals surface area contributed by atoms with Crippen LogP contribution in [0, 0.1) is 0 Å². The van der Waals surface area contributed by atoms with Crippen molar-refractivity contribution in [2.75, 3.05) is 11.5 Å². The van der Waals surface area contributed by atoms with E-state index in [0.717, 1.165) is 11.3 Å². The number of carbonyl (C=O) groups is 3. The van der Waals surface area contributed by atoms with E-state index in [1.807, 2.05) is 0 Å². The average molecular weight is 491 g/mol. The minimum atomic E-state index is -1.23. The molecule has 0 aliphatic rings. The third-order valence-corrected chi connectivity index (χ3v) is 6.13. The zero-order valence-corrected chi connectivity index (χ0v) is 17.9. The van der Waals surface area contributed by atoms with E-state index in [0.29, 0.717) is 26.4 Å². The van der Waals surface area contributed by atoms with E-state index in [-0.39, 0.29) is 16.5 Å². The number of carboxylic acid groups (broad SMARTS) is 2. The smallest absolute Gasteiger partial charge is 0.349 e. The monoisotopic (exact) mass is 490 g/mol. The van der Waals surface area contributed by atoms with Gasteiger partial charge in [0.25, 0.3) is 0 Å². The number of amides is 1. The van der Waals surface area contributed by atoms with E-state index in [2.05, 4.69) is 20.9 Å². The molecule has 0 fully saturated rings. The number of aromatic carboxylic acids is 1. The third-order valence-electron chi connectivity index (χ3n) is 3.90. The van der Waals surface area contributed by atoms with Gasteiger partial charge in [0.1, 0.15) is 5.82 Å². The normalized spacial score (nSPS) is 10.5. The molecule has 0 spiro atoms. The predicted octanol–water partition coefficient (Wildman–Crippen LogP) is 4.42. The highest BCUT2D eigenvalue weighted by molar-refractivity contribution is 9.10.